The van der Waals surface area contributed by atoms with Gasteiger partial charge in [-0.3, -0.25) is 0 Å². The molecule has 0 aliphatic rings. The van der Waals surface area contributed by atoms with E-state index in [4.69, 9.17) is 5.73 Å². The van der Waals surface area contributed by atoms with Gasteiger partial charge >= 0.3 is 0 Å². The van der Waals surface area contributed by atoms with Crippen LogP contribution in [0, 0.1) is 6.92 Å². The maximum atomic E-state index is 5.88. The second-order valence-corrected chi connectivity index (χ2v) is 3.83. The summed E-state index contributed by atoms with van der Waals surface area (Å²) in [6, 6.07) is 7.66. The number of nitrogens with zero attached hydrogens (tertiary/aromatic N) is 4. The van der Waals surface area contributed by atoms with E-state index in [2.05, 4.69) is 15.1 Å². The van der Waals surface area contributed by atoms with Gasteiger partial charge in [0.2, 0.25) is 0 Å². The topological polar surface area (TPSA) is 69.6 Å². The van der Waals surface area contributed by atoms with Gasteiger partial charge in [-0.2, -0.15) is 5.10 Å². The lowest BCUT2D eigenvalue weighted by Gasteiger charge is -2.04. The van der Waals surface area contributed by atoms with Crippen molar-refractivity contribution in [3.8, 4) is 5.82 Å². The lowest BCUT2D eigenvalue weighted by atomic mass is 10.3. The smallest absolute Gasteiger partial charge is 0.154 e. The van der Waals surface area contributed by atoms with E-state index in [9.17, 15) is 0 Å². The molecule has 0 spiro atoms. The predicted molar refractivity (Wildman–Crippen MR) is 65.8 cm³/mol. The second kappa shape index (κ2) is 3.55. The van der Waals surface area contributed by atoms with E-state index in [-0.39, 0.29) is 0 Å². The molecule has 5 heteroatoms. The number of nitrogens with two attached hydrogens (primary N) is 1. The molecule has 3 heterocycles. The fraction of sp³-hybridized carbons (Fsp3) is 0.0833. The number of hydrogen-bond donors (Lipinski definition) is 1. The first-order valence-electron chi connectivity index (χ1n) is 5.28. The summed E-state index contributed by atoms with van der Waals surface area (Å²) in [4.78, 5) is 8.50. The maximum absolute atomic E-state index is 5.88. The second-order valence-electron chi connectivity index (χ2n) is 3.83. The fourth-order valence-electron chi connectivity index (χ4n) is 1.82. The van der Waals surface area contributed by atoms with Crippen LogP contribution < -0.4 is 5.73 Å². The molecular formula is C12H11N5. The summed E-state index contributed by atoms with van der Waals surface area (Å²) in [6.07, 6.45) is 3.44. The van der Waals surface area contributed by atoms with Gasteiger partial charge in [-0.1, -0.05) is 6.07 Å². The van der Waals surface area contributed by atoms with Crippen LogP contribution in [0.3, 0.4) is 0 Å². The molecule has 0 aromatic carbocycles. The van der Waals surface area contributed by atoms with Crippen LogP contribution in [-0.2, 0) is 0 Å². The Balaban J connectivity index is 2.31. The molecule has 0 aliphatic carbocycles. The van der Waals surface area contributed by atoms with Crippen LogP contribution in [0.1, 0.15) is 5.69 Å². The van der Waals surface area contributed by atoms with E-state index >= 15 is 0 Å². The normalized spacial score (nSPS) is 10.9. The summed E-state index contributed by atoms with van der Waals surface area (Å²) in [5.41, 5.74) is 7.61. The zero-order chi connectivity index (χ0) is 11.8. The highest BCUT2D eigenvalue weighted by molar-refractivity contribution is 5.88. The van der Waals surface area contributed by atoms with Crippen molar-refractivity contribution in [3.63, 3.8) is 0 Å². The number of aryl methyl sites for hydroxylation is 1. The van der Waals surface area contributed by atoms with Crippen molar-refractivity contribution in [3.05, 3.63) is 42.4 Å². The lowest BCUT2D eigenvalue weighted by Crippen LogP contribution is -2.02. The van der Waals surface area contributed by atoms with Crippen molar-refractivity contribution < 1.29 is 0 Å². The Kier molecular flexibility index (Phi) is 2.04. The lowest BCUT2D eigenvalue weighted by molar-refractivity contribution is 0.867. The molecule has 0 bridgehead atoms. The summed E-state index contributed by atoms with van der Waals surface area (Å²) >= 11 is 0. The summed E-state index contributed by atoms with van der Waals surface area (Å²) in [7, 11) is 0. The van der Waals surface area contributed by atoms with Crippen molar-refractivity contribution in [2.45, 2.75) is 6.92 Å². The maximum Gasteiger partial charge on any atom is 0.154 e. The number of aromatic nitrogens is 4. The summed E-state index contributed by atoms with van der Waals surface area (Å²) < 4.78 is 1.71. The molecule has 84 valence electrons. The molecule has 2 N–H and O–H groups in total. The van der Waals surface area contributed by atoms with Crippen LogP contribution in [0.15, 0.2) is 36.7 Å². The van der Waals surface area contributed by atoms with Crippen LogP contribution >= 0.6 is 0 Å². The Labute approximate surface area is 97.9 Å². The number of anilines is 1. The number of fused-ring (bicyclic) bond motifs is 1. The molecule has 0 unspecified atom stereocenters. The Morgan fingerprint density at radius 2 is 2.12 bits per heavy atom. The summed E-state index contributed by atoms with van der Waals surface area (Å²) in [5.74, 6) is 1.21. The highest BCUT2D eigenvalue weighted by atomic mass is 15.3. The minimum Gasteiger partial charge on any atom is -0.382 e. The van der Waals surface area contributed by atoms with Crippen LogP contribution in [0.5, 0.6) is 0 Å². The summed E-state index contributed by atoms with van der Waals surface area (Å²) in [5, 5.41) is 5.26. The van der Waals surface area contributed by atoms with Gasteiger partial charge in [-0.15, -0.1) is 0 Å². The van der Waals surface area contributed by atoms with Crippen molar-refractivity contribution in [1.82, 2.24) is 19.7 Å². The van der Waals surface area contributed by atoms with E-state index in [1.807, 2.05) is 31.2 Å². The first-order chi connectivity index (χ1) is 8.25. The molecule has 0 saturated heterocycles. The standard InChI is InChI=1S/C12H11N5/c1-8-3-2-4-10(16-8)17-11-9(7-15-17)5-6-14-12(11)13/h2-7H,1H3,(H2,13,14). The van der Waals surface area contributed by atoms with Crippen molar-refractivity contribution in [2.75, 3.05) is 5.73 Å². The highest BCUT2D eigenvalue weighted by Crippen LogP contribution is 2.20. The Bertz CT molecular complexity index is 686. The first kappa shape index (κ1) is 9.77. The molecule has 0 radical (unpaired) electrons. The van der Waals surface area contributed by atoms with Gasteiger partial charge in [-0.25, -0.2) is 14.6 Å². The van der Waals surface area contributed by atoms with Crippen molar-refractivity contribution in [2.24, 2.45) is 0 Å². The SMILES string of the molecule is Cc1cccc(-n2ncc3ccnc(N)c32)n1. The largest absolute Gasteiger partial charge is 0.382 e. The molecule has 0 saturated carbocycles. The molecule has 3 rings (SSSR count). The number of rotatable bonds is 1. The molecule has 3 aromatic heterocycles. The third-order valence-corrected chi connectivity index (χ3v) is 2.60. The van der Waals surface area contributed by atoms with E-state index in [1.54, 1.807) is 17.1 Å². The van der Waals surface area contributed by atoms with Gasteiger partial charge < -0.3 is 5.73 Å². The zero-order valence-electron chi connectivity index (χ0n) is 9.33. The van der Waals surface area contributed by atoms with Gasteiger partial charge in [0.25, 0.3) is 0 Å². The molecule has 3 aromatic rings. The minimum atomic E-state index is 0.461. The van der Waals surface area contributed by atoms with Crippen LogP contribution in [-0.4, -0.2) is 19.7 Å². The predicted octanol–water partition coefficient (Wildman–Crippen LogP) is 1.71. The average molecular weight is 225 g/mol. The Morgan fingerprint density at radius 3 is 2.94 bits per heavy atom. The van der Waals surface area contributed by atoms with E-state index in [1.165, 1.54) is 0 Å². The minimum absolute atomic E-state index is 0.461. The number of hydrogen-bond acceptors (Lipinski definition) is 4. The molecule has 0 aliphatic heterocycles. The summed E-state index contributed by atoms with van der Waals surface area (Å²) in [6.45, 7) is 1.94. The van der Waals surface area contributed by atoms with E-state index < -0.39 is 0 Å². The van der Waals surface area contributed by atoms with Crippen LogP contribution in [0.4, 0.5) is 5.82 Å². The van der Waals surface area contributed by atoms with Crippen LogP contribution in [0.2, 0.25) is 0 Å². The fourth-order valence-corrected chi connectivity index (χ4v) is 1.82. The van der Waals surface area contributed by atoms with Gasteiger partial charge in [-0.05, 0) is 25.1 Å². The third-order valence-electron chi connectivity index (χ3n) is 2.60. The number of nitrogen functional groups attached to an aromatic ring is 1. The Hall–Kier alpha value is -2.43. The molecule has 5 nitrogen and oxygen atoms in total. The van der Waals surface area contributed by atoms with E-state index in [0.717, 1.165) is 22.4 Å². The molecular weight excluding hydrogens is 214 g/mol. The zero-order valence-corrected chi connectivity index (χ0v) is 9.33. The average Bonchev–Trinajstić information content (AvgIpc) is 2.74. The van der Waals surface area contributed by atoms with Gasteiger partial charge in [0, 0.05) is 17.3 Å². The molecule has 0 fully saturated rings. The molecule has 17 heavy (non-hydrogen) atoms. The molecule has 0 amide bonds. The van der Waals surface area contributed by atoms with Gasteiger partial charge in [0.15, 0.2) is 5.82 Å². The van der Waals surface area contributed by atoms with Crippen molar-refractivity contribution in [1.29, 1.82) is 0 Å². The third kappa shape index (κ3) is 1.52. The highest BCUT2D eigenvalue weighted by Gasteiger charge is 2.09. The van der Waals surface area contributed by atoms with E-state index in [0.29, 0.717) is 5.82 Å². The van der Waals surface area contributed by atoms with Gasteiger partial charge in [0.05, 0.1) is 6.20 Å². The Morgan fingerprint density at radius 1 is 1.24 bits per heavy atom. The quantitative estimate of drug-likeness (QED) is 0.684. The first-order valence-corrected chi connectivity index (χ1v) is 5.28. The van der Waals surface area contributed by atoms with Crippen molar-refractivity contribution >= 4 is 16.7 Å². The van der Waals surface area contributed by atoms with Gasteiger partial charge in [0.1, 0.15) is 11.3 Å². The number of pyridine rings is 2. The van der Waals surface area contributed by atoms with Crippen LogP contribution in [0.25, 0.3) is 16.7 Å². The monoisotopic (exact) mass is 225 g/mol. The molecule has 0 atom stereocenters.